The van der Waals surface area contributed by atoms with E-state index < -0.39 is 5.97 Å². The minimum absolute atomic E-state index is 0.310. The molecule has 4 aromatic rings. The average Bonchev–Trinajstić information content (AvgIpc) is 3.23. The normalized spacial score (nSPS) is 14.5. The number of carboxylic acids is 1. The summed E-state index contributed by atoms with van der Waals surface area (Å²) in [6, 6.07) is 23.8. The molecule has 0 amide bonds. The van der Waals surface area contributed by atoms with Crippen LogP contribution in [0.25, 0.3) is 22.2 Å². The molecule has 0 spiro atoms. The van der Waals surface area contributed by atoms with Crippen LogP contribution in [0.2, 0.25) is 0 Å². The fourth-order valence-electron chi connectivity index (χ4n) is 4.85. The van der Waals surface area contributed by atoms with Crippen molar-refractivity contribution in [2.45, 2.75) is 44.6 Å². The van der Waals surface area contributed by atoms with Gasteiger partial charge in [0.15, 0.2) is 0 Å². The molecule has 0 saturated heterocycles. The van der Waals surface area contributed by atoms with Gasteiger partial charge in [0.2, 0.25) is 0 Å². The van der Waals surface area contributed by atoms with Gasteiger partial charge in [-0.05, 0) is 71.8 Å². The van der Waals surface area contributed by atoms with Crippen LogP contribution in [0, 0.1) is 0 Å². The summed E-state index contributed by atoms with van der Waals surface area (Å²) in [6.45, 7) is 0.540. The number of benzene rings is 3. The minimum Gasteiger partial charge on any atom is -0.489 e. The van der Waals surface area contributed by atoms with Crippen LogP contribution in [0.5, 0.6) is 5.75 Å². The van der Waals surface area contributed by atoms with Gasteiger partial charge in [-0.25, -0.2) is 4.79 Å². The van der Waals surface area contributed by atoms with E-state index in [1.54, 1.807) is 12.1 Å². The molecule has 1 fully saturated rings. The fourth-order valence-corrected chi connectivity index (χ4v) is 4.85. The molecule has 0 atom stereocenters. The van der Waals surface area contributed by atoms with E-state index in [-0.39, 0.29) is 0 Å². The smallest absolute Gasteiger partial charge is 0.335 e. The fraction of sp³-hybridized carbons (Fsp3) is 0.250. The molecule has 1 aromatic heterocycles. The molecular formula is C28H27NO3. The van der Waals surface area contributed by atoms with E-state index >= 15 is 0 Å². The molecule has 162 valence electrons. The van der Waals surface area contributed by atoms with Crippen LogP contribution in [0.4, 0.5) is 0 Å². The standard InChI is InChI=1S/C28H27NO3/c30-28(31)22-13-16-24-25(17-22)29-27(26(24)20-9-5-2-6-10-20)21-11-14-23(15-12-21)32-18-19-7-3-1-4-8-19/h1,3-4,7-8,11-17,20,29H,2,5-6,9-10,18H2,(H,30,31). The number of nitrogens with one attached hydrogen (secondary N) is 1. The molecule has 0 radical (unpaired) electrons. The third-order valence-corrected chi connectivity index (χ3v) is 6.49. The number of hydrogen-bond donors (Lipinski definition) is 2. The highest BCUT2D eigenvalue weighted by Crippen LogP contribution is 2.42. The van der Waals surface area contributed by atoms with Gasteiger partial charge in [-0.3, -0.25) is 0 Å². The van der Waals surface area contributed by atoms with E-state index in [2.05, 4.69) is 29.2 Å². The van der Waals surface area contributed by atoms with E-state index in [0.717, 1.165) is 33.5 Å². The van der Waals surface area contributed by atoms with Crippen molar-refractivity contribution < 1.29 is 14.6 Å². The molecule has 4 heteroatoms. The number of fused-ring (bicyclic) bond motifs is 1. The lowest BCUT2D eigenvalue weighted by atomic mass is 9.82. The monoisotopic (exact) mass is 425 g/mol. The van der Waals surface area contributed by atoms with Gasteiger partial charge >= 0.3 is 5.97 Å². The Labute approximate surface area is 187 Å². The van der Waals surface area contributed by atoms with Crippen LogP contribution in [0.1, 0.15) is 59.5 Å². The number of aromatic carboxylic acids is 1. The molecule has 1 heterocycles. The topological polar surface area (TPSA) is 62.3 Å². The largest absolute Gasteiger partial charge is 0.489 e. The first-order chi connectivity index (χ1) is 15.7. The van der Waals surface area contributed by atoms with Gasteiger partial charge in [0, 0.05) is 16.6 Å². The van der Waals surface area contributed by atoms with Gasteiger partial charge in [0.05, 0.1) is 5.56 Å². The number of carboxylic acid groups (broad SMARTS) is 1. The van der Waals surface area contributed by atoms with Crippen molar-refractivity contribution in [3.05, 3.63) is 89.5 Å². The van der Waals surface area contributed by atoms with Crippen LogP contribution in [0.3, 0.4) is 0 Å². The zero-order valence-corrected chi connectivity index (χ0v) is 18.0. The van der Waals surface area contributed by atoms with Gasteiger partial charge in [0.1, 0.15) is 12.4 Å². The highest BCUT2D eigenvalue weighted by atomic mass is 16.5. The number of aromatic nitrogens is 1. The second-order valence-corrected chi connectivity index (χ2v) is 8.61. The summed E-state index contributed by atoms with van der Waals surface area (Å²) >= 11 is 0. The molecule has 0 aliphatic heterocycles. The first-order valence-electron chi connectivity index (χ1n) is 11.3. The quantitative estimate of drug-likeness (QED) is 0.344. The van der Waals surface area contributed by atoms with Crippen LogP contribution >= 0.6 is 0 Å². The zero-order valence-electron chi connectivity index (χ0n) is 18.0. The van der Waals surface area contributed by atoms with Gasteiger partial charge in [-0.15, -0.1) is 0 Å². The second-order valence-electron chi connectivity index (χ2n) is 8.61. The Hall–Kier alpha value is -3.53. The highest BCUT2D eigenvalue weighted by molar-refractivity contribution is 5.97. The third-order valence-electron chi connectivity index (χ3n) is 6.49. The highest BCUT2D eigenvalue weighted by Gasteiger charge is 2.24. The number of hydrogen-bond acceptors (Lipinski definition) is 2. The molecule has 2 N–H and O–H groups in total. The summed E-state index contributed by atoms with van der Waals surface area (Å²) in [5.41, 5.74) is 5.88. The predicted molar refractivity (Wildman–Crippen MR) is 127 cm³/mol. The average molecular weight is 426 g/mol. The van der Waals surface area contributed by atoms with Crippen molar-refractivity contribution in [3.63, 3.8) is 0 Å². The Morgan fingerprint density at radius 2 is 1.69 bits per heavy atom. The van der Waals surface area contributed by atoms with Crippen LogP contribution in [0.15, 0.2) is 72.8 Å². The van der Waals surface area contributed by atoms with Crippen molar-refractivity contribution >= 4 is 16.9 Å². The summed E-state index contributed by atoms with van der Waals surface area (Å²) in [7, 11) is 0. The van der Waals surface area contributed by atoms with Crippen molar-refractivity contribution in [2.24, 2.45) is 0 Å². The van der Waals surface area contributed by atoms with Gasteiger partial charge in [0.25, 0.3) is 0 Å². The van der Waals surface area contributed by atoms with Crippen LogP contribution in [-0.2, 0) is 6.61 Å². The molecule has 1 aliphatic carbocycles. The number of ether oxygens (including phenoxy) is 1. The molecule has 4 nitrogen and oxygen atoms in total. The third kappa shape index (κ3) is 4.13. The Kier molecular flexibility index (Phi) is 5.68. The maximum absolute atomic E-state index is 11.5. The Morgan fingerprint density at radius 1 is 0.938 bits per heavy atom. The summed E-state index contributed by atoms with van der Waals surface area (Å²) in [4.78, 5) is 15.0. The maximum Gasteiger partial charge on any atom is 0.335 e. The zero-order chi connectivity index (χ0) is 21.9. The number of H-pyrrole nitrogens is 1. The van der Waals surface area contributed by atoms with Crippen molar-refractivity contribution in [1.82, 2.24) is 4.98 Å². The number of carbonyl (C=O) groups is 1. The Bertz CT molecular complexity index is 1220. The van der Waals surface area contributed by atoms with E-state index in [0.29, 0.717) is 18.1 Å². The number of aromatic amines is 1. The second kappa shape index (κ2) is 8.91. The van der Waals surface area contributed by atoms with Gasteiger partial charge in [-0.2, -0.15) is 0 Å². The summed E-state index contributed by atoms with van der Waals surface area (Å²) < 4.78 is 5.96. The molecule has 1 saturated carbocycles. The van der Waals surface area contributed by atoms with Crippen molar-refractivity contribution in [1.29, 1.82) is 0 Å². The van der Waals surface area contributed by atoms with Crippen LogP contribution in [-0.4, -0.2) is 16.1 Å². The van der Waals surface area contributed by atoms with Gasteiger partial charge in [-0.1, -0.05) is 55.7 Å². The van der Waals surface area contributed by atoms with Crippen molar-refractivity contribution in [3.8, 4) is 17.0 Å². The minimum atomic E-state index is -0.901. The van der Waals surface area contributed by atoms with Crippen LogP contribution < -0.4 is 4.74 Å². The lowest BCUT2D eigenvalue weighted by molar-refractivity contribution is 0.0697. The molecule has 3 aromatic carbocycles. The summed E-state index contributed by atoms with van der Waals surface area (Å²) in [5, 5.41) is 10.6. The molecule has 5 rings (SSSR count). The summed E-state index contributed by atoms with van der Waals surface area (Å²) in [6.07, 6.45) is 6.15. The molecule has 0 unspecified atom stereocenters. The maximum atomic E-state index is 11.5. The Morgan fingerprint density at radius 3 is 2.41 bits per heavy atom. The van der Waals surface area contributed by atoms with E-state index in [1.165, 1.54) is 37.7 Å². The summed E-state index contributed by atoms with van der Waals surface area (Å²) in [5.74, 6) is 0.431. The molecule has 1 aliphatic rings. The van der Waals surface area contributed by atoms with E-state index in [4.69, 9.17) is 4.74 Å². The predicted octanol–water partition coefficient (Wildman–Crippen LogP) is 7.16. The lowest BCUT2D eigenvalue weighted by Crippen LogP contribution is -2.05. The first kappa shape index (κ1) is 20.4. The lowest BCUT2D eigenvalue weighted by Gasteiger charge is -2.23. The molecular weight excluding hydrogens is 398 g/mol. The van der Waals surface area contributed by atoms with E-state index in [1.807, 2.05) is 36.4 Å². The molecule has 0 bridgehead atoms. The molecule has 32 heavy (non-hydrogen) atoms. The van der Waals surface area contributed by atoms with E-state index in [9.17, 15) is 9.90 Å². The van der Waals surface area contributed by atoms with Crippen molar-refractivity contribution in [2.75, 3.05) is 0 Å². The van der Waals surface area contributed by atoms with Gasteiger partial charge < -0.3 is 14.8 Å². The first-order valence-corrected chi connectivity index (χ1v) is 11.3. The SMILES string of the molecule is O=C(O)c1ccc2c(C3CCCCC3)c(-c3ccc(OCc4ccccc4)cc3)[nH]c2c1. The number of rotatable bonds is 6. The Balaban J connectivity index is 1.48.